The number of carbonyl (C=O) groups is 1. The Hall–Kier alpha value is -1.31. The fourth-order valence-electron chi connectivity index (χ4n) is 2.27. The van der Waals surface area contributed by atoms with Crippen LogP contribution in [0.1, 0.15) is 43.6 Å². The number of rotatable bonds is 4. The van der Waals surface area contributed by atoms with E-state index >= 15 is 0 Å². The van der Waals surface area contributed by atoms with Gasteiger partial charge in [0.25, 0.3) is 0 Å². The summed E-state index contributed by atoms with van der Waals surface area (Å²) in [5.74, 6) is -1.80. The van der Waals surface area contributed by atoms with Gasteiger partial charge in [-0.05, 0) is 44.8 Å². The summed E-state index contributed by atoms with van der Waals surface area (Å²) < 4.78 is 25.7. The second-order valence-electron chi connectivity index (χ2n) is 6.47. The van der Waals surface area contributed by atoms with Crippen LogP contribution in [0.3, 0.4) is 0 Å². The molecular formula is C16H20BFO4S. The van der Waals surface area contributed by atoms with Crippen LogP contribution in [-0.4, -0.2) is 35.1 Å². The van der Waals surface area contributed by atoms with Gasteiger partial charge in [-0.15, -0.1) is 0 Å². The van der Waals surface area contributed by atoms with Crippen molar-refractivity contribution in [3.05, 3.63) is 40.6 Å². The number of hydrogen-bond donors (Lipinski definition) is 2. The van der Waals surface area contributed by atoms with Crippen molar-refractivity contribution < 1.29 is 23.6 Å². The Morgan fingerprint density at radius 3 is 2.35 bits per heavy atom. The van der Waals surface area contributed by atoms with Gasteiger partial charge in [-0.3, -0.25) is 0 Å². The molecule has 0 saturated carbocycles. The van der Waals surface area contributed by atoms with Gasteiger partial charge in [0.2, 0.25) is 0 Å². The monoisotopic (exact) mass is 338 g/mol. The summed E-state index contributed by atoms with van der Waals surface area (Å²) >= 11 is 4.28. The van der Waals surface area contributed by atoms with E-state index < -0.39 is 30.1 Å². The molecule has 124 valence electrons. The molecule has 1 aliphatic heterocycles. The summed E-state index contributed by atoms with van der Waals surface area (Å²) in [4.78, 5) is 11.3. The van der Waals surface area contributed by atoms with Crippen molar-refractivity contribution in [2.75, 3.05) is 5.75 Å². The van der Waals surface area contributed by atoms with Crippen LogP contribution in [0.25, 0.3) is 6.08 Å². The van der Waals surface area contributed by atoms with E-state index in [4.69, 9.17) is 9.31 Å². The Labute approximate surface area is 141 Å². The van der Waals surface area contributed by atoms with Crippen molar-refractivity contribution in [2.45, 2.75) is 38.9 Å². The highest BCUT2D eigenvalue weighted by atomic mass is 32.1. The molecule has 1 heterocycles. The lowest BCUT2D eigenvalue weighted by atomic mass is 9.78. The molecule has 0 radical (unpaired) electrons. The molecule has 0 aromatic heterocycles. The molecule has 1 N–H and O–H groups in total. The molecule has 7 heteroatoms. The molecule has 0 unspecified atom stereocenters. The second kappa shape index (κ2) is 6.30. The summed E-state index contributed by atoms with van der Waals surface area (Å²) in [6, 6.07) is 4.13. The molecule has 0 spiro atoms. The summed E-state index contributed by atoms with van der Waals surface area (Å²) in [5.41, 5.74) is -0.506. The van der Waals surface area contributed by atoms with E-state index in [-0.39, 0.29) is 11.1 Å². The molecular weight excluding hydrogens is 318 g/mol. The van der Waals surface area contributed by atoms with Gasteiger partial charge in [0, 0.05) is 5.75 Å². The molecule has 1 aromatic carbocycles. The largest absolute Gasteiger partial charge is 0.491 e. The van der Waals surface area contributed by atoms with Gasteiger partial charge < -0.3 is 14.4 Å². The summed E-state index contributed by atoms with van der Waals surface area (Å²) in [5, 5.41) is 9.21. The van der Waals surface area contributed by atoms with Crippen molar-refractivity contribution in [1.82, 2.24) is 0 Å². The van der Waals surface area contributed by atoms with Crippen LogP contribution in [0.15, 0.2) is 23.7 Å². The second-order valence-corrected chi connectivity index (χ2v) is 6.79. The molecule has 1 aromatic rings. The zero-order chi connectivity index (χ0) is 17.4. The van der Waals surface area contributed by atoms with Crippen molar-refractivity contribution in [2.24, 2.45) is 0 Å². The molecule has 0 amide bonds. The number of hydrogen-bond acceptors (Lipinski definition) is 4. The molecule has 4 nitrogen and oxygen atoms in total. The van der Waals surface area contributed by atoms with Crippen LogP contribution in [0, 0.1) is 5.82 Å². The molecule has 23 heavy (non-hydrogen) atoms. The average molecular weight is 338 g/mol. The first-order valence-corrected chi connectivity index (χ1v) is 7.91. The van der Waals surface area contributed by atoms with Gasteiger partial charge >= 0.3 is 13.1 Å². The van der Waals surface area contributed by atoms with Gasteiger partial charge in [0.05, 0.1) is 11.2 Å². The van der Waals surface area contributed by atoms with Gasteiger partial charge in [0.1, 0.15) is 11.4 Å². The third-order valence-corrected chi connectivity index (χ3v) is 4.70. The quantitative estimate of drug-likeness (QED) is 0.652. The SMILES string of the molecule is CC1(C)OB(C(=Cc2cccc(F)c2C(=O)O)CS)OC1(C)C. The van der Waals surface area contributed by atoms with Crippen LogP contribution in [0.2, 0.25) is 0 Å². The van der Waals surface area contributed by atoms with Gasteiger partial charge in [-0.2, -0.15) is 12.6 Å². The highest BCUT2D eigenvalue weighted by molar-refractivity contribution is 7.80. The molecule has 0 aliphatic carbocycles. The number of thiol groups is 1. The topological polar surface area (TPSA) is 55.8 Å². The van der Waals surface area contributed by atoms with E-state index in [1.165, 1.54) is 6.07 Å². The molecule has 1 saturated heterocycles. The minimum Gasteiger partial charge on any atom is -0.478 e. The fraction of sp³-hybridized carbons (Fsp3) is 0.438. The van der Waals surface area contributed by atoms with E-state index in [1.54, 1.807) is 12.1 Å². The zero-order valence-electron chi connectivity index (χ0n) is 13.6. The Morgan fingerprint density at radius 2 is 1.87 bits per heavy atom. The van der Waals surface area contributed by atoms with Gasteiger partial charge in [-0.1, -0.05) is 18.2 Å². The lowest BCUT2D eigenvalue weighted by Gasteiger charge is -2.32. The fourth-order valence-corrected chi connectivity index (χ4v) is 2.51. The first kappa shape index (κ1) is 18.0. The van der Waals surface area contributed by atoms with E-state index in [0.29, 0.717) is 11.2 Å². The van der Waals surface area contributed by atoms with Crippen molar-refractivity contribution >= 4 is 31.8 Å². The Kier molecular flexibility index (Phi) is 4.94. The number of carboxylic acids is 1. The van der Waals surface area contributed by atoms with Crippen molar-refractivity contribution in [3.8, 4) is 0 Å². The Bertz CT molecular complexity index is 641. The van der Waals surface area contributed by atoms with Crippen LogP contribution in [0.5, 0.6) is 0 Å². The van der Waals surface area contributed by atoms with Crippen molar-refractivity contribution in [3.63, 3.8) is 0 Å². The van der Waals surface area contributed by atoms with E-state index in [1.807, 2.05) is 27.7 Å². The molecule has 0 bridgehead atoms. The number of halogens is 1. The predicted octanol–water partition coefficient (Wildman–Crippen LogP) is 3.47. The summed E-state index contributed by atoms with van der Waals surface area (Å²) in [7, 11) is -0.651. The standard InChI is InChI=1S/C16H20BFO4S/c1-15(2)16(3,4)22-17(21-15)11(9-23)8-10-6-5-7-12(18)13(10)14(19)20/h5-8,23H,9H2,1-4H3,(H,19,20). The molecule has 2 rings (SSSR count). The van der Waals surface area contributed by atoms with Crippen LogP contribution in [0.4, 0.5) is 4.39 Å². The Morgan fingerprint density at radius 1 is 1.30 bits per heavy atom. The highest BCUT2D eigenvalue weighted by Crippen LogP contribution is 2.39. The first-order chi connectivity index (χ1) is 10.6. The molecule has 1 fully saturated rings. The highest BCUT2D eigenvalue weighted by Gasteiger charge is 2.52. The third-order valence-electron chi connectivity index (χ3n) is 4.34. The Balaban J connectivity index is 2.42. The minimum atomic E-state index is -1.32. The number of benzene rings is 1. The zero-order valence-corrected chi connectivity index (χ0v) is 14.5. The van der Waals surface area contributed by atoms with E-state index in [9.17, 15) is 14.3 Å². The number of carboxylic acid groups (broad SMARTS) is 1. The van der Waals surface area contributed by atoms with Crippen LogP contribution in [-0.2, 0) is 9.31 Å². The maximum Gasteiger partial charge on any atom is 0.491 e. The molecule has 0 atom stereocenters. The van der Waals surface area contributed by atoms with E-state index in [0.717, 1.165) is 6.07 Å². The third kappa shape index (κ3) is 3.46. The number of aromatic carboxylic acids is 1. The van der Waals surface area contributed by atoms with Crippen LogP contribution < -0.4 is 0 Å². The minimum absolute atomic E-state index is 0.260. The van der Waals surface area contributed by atoms with Gasteiger partial charge in [0.15, 0.2) is 0 Å². The smallest absolute Gasteiger partial charge is 0.478 e. The molecule has 1 aliphatic rings. The summed E-state index contributed by atoms with van der Waals surface area (Å²) in [6.45, 7) is 7.70. The predicted molar refractivity (Wildman–Crippen MR) is 91.3 cm³/mol. The summed E-state index contributed by atoms with van der Waals surface area (Å²) in [6.07, 6.45) is 1.57. The maximum absolute atomic E-state index is 13.8. The average Bonchev–Trinajstić information content (AvgIpc) is 2.64. The normalized spacial score (nSPS) is 19.9. The first-order valence-electron chi connectivity index (χ1n) is 7.28. The maximum atomic E-state index is 13.8. The lowest BCUT2D eigenvalue weighted by Crippen LogP contribution is -2.41. The van der Waals surface area contributed by atoms with Gasteiger partial charge in [-0.25, -0.2) is 9.18 Å². The van der Waals surface area contributed by atoms with E-state index in [2.05, 4.69) is 12.6 Å². The van der Waals surface area contributed by atoms with Crippen molar-refractivity contribution in [1.29, 1.82) is 0 Å². The lowest BCUT2D eigenvalue weighted by molar-refractivity contribution is 0.00578. The van der Waals surface area contributed by atoms with Crippen LogP contribution >= 0.6 is 12.6 Å².